The zero-order chi connectivity index (χ0) is 16.6. The molecule has 0 aromatic carbocycles. The number of rotatable bonds is 3. The molecule has 1 aliphatic carbocycles. The van der Waals surface area contributed by atoms with Gasteiger partial charge in [-0.1, -0.05) is 13.3 Å². The number of nitrogens with one attached hydrogen (secondary N) is 1. The molecule has 1 atom stereocenters. The zero-order valence-electron chi connectivity index (χ0n) is 13.7. The van der Waals surface area contributed by atoms with Crippen LogP contribution < -0.4 is 11.1 Å². The third-order valence-corrected chi connectivity index (χ3v) is 5.64. The second-order valence-electron chi connectivity index (χ2n) is 7.30. The normalized spacial score (nSPS) is 35.6. The number of carbonyl (C=O) groups is 3. The Hall–Kier alpha value is -1.63. The number of carbonyl (C=O) groups excluding carboxylic acids is 3. The van der Waals surface area contributed by atoms with Crippen LogP contribution in [0.25, 0.3) is 0 Å². The van der Waals surface area contributed by atoms with E-state index in [-0.39, 0.29) is 30.6 Å². The molecule has 0 aromatic rings. The van der Waals surface area contributed by atoms with Gasteiger partial charge in [-0.25, -0.2) is 9.69 Å². The fourth-order valence-electron chi connectivity index (χ4n) is 4.06. The SMILES string of the molecule is CC1CCC2(CC1)NC(=O)N(CN1CCCC[C@@H]1C(N)=O)C2=O. The molecule has 3 fully saturated rings. The number of hydrogen-bond acceptors (Lipinski definition) is 4. The van der Waals surface area contributed by atoms with E-state index in [2.05, 4.69) is 12.2 Å². The Bertz CT molecular complexity index is 513. The first-order valence-corrected chi connectivity index (χ1v) is 8.60. The summed E-state index contributed by atoms with van der Waals surface area (Å²) in [5.41, 5.74) is 4.75. The summed E-state index contributed by atoms with van der Waals surface area (Å²) in [5.74, 6) is 0.0851. The molecule has 3 aliphatic rings. The number of amides is 4. The maximum absolute atomic E-state index is 12.8. The smallest absolute Gasteiger partial charge is 0.326 e. The van der Waals surface area contributed by atoms with Gasteiger partial charge >= 0.3 is 6.03 Å². The zero-order valence-corrected chi connectivity index (χ0v) is 13.7. The largest absolute Gasteiger partial charge is 0.368 e. The number of nitrogens with two attached hydrogens (primary N) is 1. The van der Waals surface area contributed by atoms with E-state index in [0.717, 1.165) is 25.7 Å². The van der Waals surface area contributed by atoms with Crippen LogP contribution in [0.4, 0.5) is 4.79 Å². The summed E-state index contributed by atoms with van der Waals surface area (Å²) in [6.45, 7) is 3.03. The molecule has 3 N–H and O–H groups in total. The van der Waals surface area contributed by atoms with Gasteiger partial charge in [-0.05, 0) is 44.4 Å². The highest BCUT2D eigenvalue weighted by atomic mass is 16.2. The summed E-state index contributed by atoms with van der Waals surface area (Å²) in [4.78, 5) is 39.9. The van der Waals surface area contributed by atoms with Crippen LogP contribution in [0, 0.1) is 5.92 Å². The highest BCUT2D eigenvalue weighted by Gasteiger charge is 2.52. The molecule has 7 heteroatoms. The quantitative estimate of drug-likeness (QED) is 0.751. The number of imide groups is 1. The first kappa shape index (κ1) is 16.2. The monoisotopic (exact) mass is 322 g/mol. The maximum atomic E-state index is 12.8. The Balaban J connectivity index is 1.71. The van der Waals surface area contributed by atoms with Crippen LogP contribution >= 0.6 is 0 Å². The van der Waals surface area contributed by atoms with Gasteiger partial charge in [0.15, 0.2) is 0 Å². The summed E-state index contributed by atoms with van der Waals surface area (Å²) >= 11 is 0. The van der Waals surface area contributed by atoms with Crippen LogP contribution in [-0.4, -0.2) is 52.4 Å². The van der Waals surface area contributed by atoms with Gasteiger partial charge in [-0.2, -0.15) is 0 Å². The van der Waals surface area contributed by atoms with Crippen LogP contribution in [0.3, 0.4) is 0 Å². The summed E-state index contributed by atoms with van der Waals surface area (Å²) in [7, 11) is 0. The molecule has 7 nitrogen and oxygen atoms in total. The lowest BCUT2D eigenvalue weighted by Crippen LogP contribution is -2.54. The van der Waals surface area contributed by atoms with E-state index in [1.807, 2.05) is 4.90 Å². The highest BCUT2D eigenvalue weighted by molar-refractivity contribution is 6.07. The van der Waals surface area contributed by atoms with Crippen molar-refractivity contribution in [2.75, 3.05) is 13.2 Å². The Morgan fingerprint density at radius 1 is 1.26 bits per heavy atom. The van der Waals surface area contributed by atoms with Crippen molar-refractivity contribution in [3.63, 3.8) is 0 Å². The minimum absolute atomic E-state index is 0.136. The second kappa shape index (κ2) is 6.11. The van der Waals surface area contributed by atoms with Crippen molar-refractivity contribution >= 4 is 17.8 Å². The molecule has 0 bridgehead atoms. The van der Waals surface area contributed by atoms with Crippen molar-refractivity contribution < 1.29 is 14.4 Å². The first-order chi connectivity index (χ1) is 10.9. The fourth-order valence-corrected chi connectivity index (χ4v) is 4.06. The number of urea groups is 1. The molecule has 0 aromatic heterocycles. The molecule has 23 heavy (non-hydrogen) atoms. The minimum Gasteiger partial charge on any atom is -0.368 e. The molecule has 0 radical (unpaired) electrons. The lowest BCUT2D eigenvalue weighted by atomic mass is 9.77. The topological polar surface area (TPSA) is 95.7 Å². The summed E-state index contributed by atoms with van der Waals surface area (Å²) in [5, 5.41) is 2.92. The van der Waals surface area contributed by atoms with E-state index in [1.54, 1.807) is 0 Å². The van der Waals surface area contributed by atoms with Crippen LogP contribution in [0.2, 0.25) is 0 Å². The standard InChI is InChI=1S/C16H26N4O3/c1-11-5-7-16(8-6-11)14(22)20(15(23)18-16)10-19-9-3-2-4-12(19)13(17)21/h11-12H,2-10H2,1H3,(H2,17,21)(H,18,23)/t11?,12-,16?/m1/s1. The molecule has 2 saturated heterocycles. The number of hydrogen-bond donors (Lipinski definition) is 2. The van der Waals surface area contributed by atoms with Crippen molar-refractivity contribution in [2.24, 2.45) is 11.7 Å². The first-order valence-electron chi connectivity index (χ1n) is 8.60. The third kappa shape index (κ3) is 2.94. The van der Waals surface area contributed by atoms with Gasteiger partial charge in [-0.15, -0.1) is 0 Å². The van der Waals surface area contributed by atoms with E-state index in [4.69, 9.17) is 5.73 Å². The number of nitrogens with zero attached hydrogens (tertiary/aromatic N) is 2. The van der Waals surface area contributed by atoms with E-state index in [9.17, 15) is 14.4 Å². The van der Waals surface area contributed by atoms with E-state index in [1.165, 1.54) is 4.90 Å². The molecular weight excluding hydrogens is 296 g/mol. The molecule has 4 amide bonds. The molecule has 2 aliphatic heterocycles. The average molecular weight is 322 g/mol. The molecule has 128 valence electrons. The van der Waals surface area contributed by atoms with Crippen molar-refractivity contribution in [1.82, 2.24) is 15.1 Å². The lowest BCUT2D eigenvalue weighted by Gasteiger charge is -2.36. The van der Waals surface area contributed by atoms with Crippen LogP contribution in [0.5, 0.6) is 0 Å². The minimum atomic E-state index is -0.721. The summed E-state index contributed by atoms with van der Waals surface area (Å²) < 4.78 is 0. The maximum Gasteiger partial charge on any atom is 0.326 e. The summed E-state index contributed by atoms with van der Waals surface area (Å²) in [6, 6.07) is -0.717. The molecule has 1 saturated carbocycles. The van der Waals surface area contributed by atoms with Gasteiger partial charge in [0.05, 0.1) is 12.7 Å². The van der Waals surface area contributed by atoms with Gasteiger partial charge in [0, 0.05) is 6.54 Å². The van der Waals surface area contributed by atoms with Crippen LogP contribution in [0.15, 0.2) is 0 Å². The molecular formula is C16H26N4O3. The number of piperidine rings is 1. The van der Waals surface area contributed by atoms with Crippen LogP contribution in [0.1, 0.15) is 51.9 Å². The van der Waals surface area contributed by atoms with Crippen molar-refractivity contribution in [3.8, 4) is 0 Å². The van der Waals surface area contributed by atoms with Crippen molar-refractivity contribution in [3.05, 3.63) is 0 Å². The predicted molar refractivity (Wildman–Crippen MR) is 84.1 cm³/mol. The van der Waals surface area contributed by atoms with E-state index >= 15 is 0 Å². The molecule has 1 spiro atoms. The van der Waals surface area contributed by atoms with Gasteiger partial charge in [0.2, 0.25) is 5.91 Å². The Morgan fingerprint density at radius 2 is 1.96 bits per heavy atom. The third-order valence-electron chi connectivity index (χ3n) is 5.64. The van der Waals surface area contributed by atoms with Gasteiger partial charge in [0.1, 0.15) is 5.54 Å². The molecule has 2 heterocycles. The number of likely N-dealkylation sites (tertiary alicyclic amines) is 1. The summed E-state index contributed by atoms with van der Waals surface area (Å²) in [6.07, 6.45) is 5.91. The second-order valence-corrected chi connectivity index (χ2v) is 7.30. The highest BCUT2D eigenvalue weighted by Crippen LogP contribution is 2.36. The van der Waals surface area contributed by atoms with Gasteiger partial charge < -0.3 is 11.1 Å². The van der Waals surface area contributed by atoms with Crippen molar-refractivity contribution in [1.29, 1.82) is 0 Å². The van der Waals surface area contributed by atoms with Gasteiger partial charge in [0.25, 0.3) is 5.91 Å². The van der Waals surface area contributed by atoms with E-state index < -0.39 is 5.54 Å². The van der Waals surface area contributed by atoms with Gasteiger partial charge in [-0.3, -0.25) is 14.5 Å². The Kier molecular flexibility index (Phi) is 4.31. The lowest BCUT2D eigenvalue weighted by molar-refractivity contribution is -0.136. The molecule has 3 rings (SSSR count). The van der Waals surface area contributed by atoms with E-state index in [0.29, 0.717) is 31.7 Å². The Labute approximate surface area is 136 Å². The predicted octanol–water partition coefficient (Wildman–Crippen LogP) is 0.784. The average Bonchev–Trinajstić information content (AvgIpc) is 2.75. The van der Waals surface area contributed by atoms with Crippen LogP contribution in [-0.2, 0) is 9.59 Å². The number of primary amides is 1. The Morgan fingerprint density at radius 3 is 2.61 bits per heavy atom. The molecule has 0 unspecified atom stereocenters. The van der Waals surface area contributed by atoms with Crippen molar-refractivity contribution in [2.45, 2.75) is 63.5 Å². The fraction of sp³-hybridized carbons (Fsp3) is 0.812.